The van der Waals surface area contributed by atoms with Gasteiger partial charge in [0, 0.05) is 17.7 Å². The number of rotatable bonds is 6. The Kier molecular flexibility index (Phi) is 5.73. The van der Waals surface area contributed by atoms with Crippen LogP contribution in [0.15, 0.2) is 63.6 Å². The first-order chi connectivity index (χ1) is 13.3. The lowest BCUT2D eigenvalue weighted by atomic mass is 10.2. The van der Waals surface area contributed by atoms with Gasteiger partial charge in [-0.1, -0.05) is 52.8 Å². The van der Waals surface area contributed by atoms with Crippen LogP contribution in [0.4, 0.5) is 10.8 Å². The summed E-state index contributed by atoms with van der Waals surface area (Å²) < 4.78 is 25.4. The minimum Gasteiger partial charge on any atom is -0.258 e. The van der Waals surface area contributed by atoms with Crippen molar-refractivity contribution < 1.29 is 13.3 Å². The predicted octanol–water partition coefficient (Wildman–Crippen LogP) is 4.29. The molecule has 1 heterocycles. The van der Waals surface area contributed by atoms with Crippen LogP contribution >= 0.6 is 22.9 Å². The number of benzene rings is 2. The minimum atomic E-state index is -3.86. The number of aromatic nitrogens is 1. The largest absolute Gasteiger partial charge is 0.270 e. The highest BCUT2D eigenvalue weighted by atomic mass is 35.5. The highest BCUT2D eigenvalue weighted by Gasteiger charge is 2.25. The van der Waals surface area contributed by atoms with E-state index in [1.165, 1.54) is 36.5 Å². The summed E-state index contributed by atoms with van der Waals surface area (Å²) in [7, 11) is -3.86. The number of nitro benzene ring substituents is 1. The number of non-ortho nitro benzene ring substituents is 1. The molecule has 0 unspecified atom stereocenters. The van der Waals surface area contributed by atoms with Crippen LogP contribution in [0.5, 0.6) is 0 Å². The Hall–Kier alpha value is -2.82. The molecule has 1 N–H and O–H groups in total. The predicted molar refractivity (Wildman–Crippen MR) is 108 cm³/mol. The van der Waals surface area contributed by atoms with Crippen LogP contribution in [-0.4, -0.2) is 24.5 Å². The van der Waals surface area contributed by atoms with Gasteiger partial charge in [0.25, 0.3) is 5.69 Å². The molecule has 11 heteroatoms. The van der Waals surface area contributed by atoms with Gasteiger partial charge in [-0.3, -0.25) is 15.5 Å². The quantitative estimate of drug-likeness (QED) is 0.350. The van der Waals surface area contributed by atoms with Gasteiger partial charge in [-0.05, 0) is 19.1 Å². The number of hydrogen-bond acceptors (Lipinski definition) is 8. The Bertz CT molecular complexity index is 1160. The standard InChI is InChI=1S/C17H13ClN4O4S2/c1-11-5-7-14(8-6-11)28(25,26)16-15(18)27-17(20-16)21-19-10-12-3-2-4-13(9-12)22(23)24/h2-10H,1H3,(H,20,21)/b19-10+. The summed E-state index contributed by atoms with van der Waals surface area (Å²) in [6, 6.07) is 12.3. The molecule has 8 nitrogen and oxygen atoms in total. The van der Waals surface area contributed by atoms with Crippen LogP contribution in [0, 0.1) is 17.0 Å². The number of halogens is 1. The summed E-state index contributed by atoms with van der Waals surface area (Å²) in [5.74, 6) is 0. The summed E-state index contributed by atoms with van der Waals surface area (Å²) >= 11 is 7.00. The number of nitrogens with zero attached hydrogens (tertiary/aromatic N) is 3. The molecule has 0 aliphatic carbocycles. The molecule has 0 radical (unpaired) electrons. The number of nitrogens with one attached hydrogen (secondary N) is 1. The van der Waals surface area contributed by atoms with E-state index in [2.05, 4.69) is 15.5 Å². The molecule has 0 amide bonds. The van der Waals surface area contributed by atoms with Crippen molar-refractivity contribution in [3.05, 3.63) is 74.1 Å². The molecule has 0 aliphatic heterocycles. The first-order valence-electron chi connectivity index (χ1n) is 7.79. The molecule has 0 aliphatic rings. The number of sulfone groups is 1. The molecule has 3 aromatic rings. The number of thiazole rings is 1. The van der Waals surface area contributed by atoms with E-state index in [0.29, 0.717) is 5.56 Å². The Labute approximate surface area is 169 Å². The van der Waals surface area contributed by atoms with Gasteiger partial charge in [-0.2, -0.15) is 5.10 Å². The van der Waals surface area contributed by atoms with E-state index in [4.69, 9.17) is 11.6 Å². The first kappa shape index (κ1) is 19.9. The summed E-state index contributed by atoms with van der Waals surface area (Å²) in [5.41, 5.74) is 3.96. The van der Waals surface area contributed by atoms with E-state index in [0.717, 1.165) is 16.9 Å². The Morgan fingerprint density at radius 3 is 2.64 bits per heavy atom. The first-order valence-corrected chi connectivity index (χ1v) is 10.5. The number of nitro groups is 1. The molecule has 0 saturated heterocycles. The third-order valence-corrected chi connectivity index (χ3v) is 6.70. The van der Waals surface area contributed by atoms with Crippen molar-refractivity contribution in [1.29, 1.82) is 0 Å². The zero-order valence-corrected chi connectivity index (χ0v) is 16.8. The van der Waals surface area contributed by atoms with E-state index >= 15 is 0 Å². The third-order valence-electron chi connectivity index (χ3n) is 3.60. The van der Waals surface area contributed by atoms with E-state index in [-0.39, 0.29) is 25.1 Å². The van der Waals surface area contributed by atoms with Gasteiger partial charge < -0.3 is 0 Å². The lowest BCUT2D eigenvalue weighted by molar-refractivity contribution is -0.384. The maximum atomic E-state index is 12.7. The van der Waals surface area contributed by atoms with Gasteiger partial charge in [0.1, 0.15) is 4.34 Å². The number of aryl methyl sites for hydroxylation is 1. The average molecular weight is 437 g/mol. The number of hydrazone groups is 1. The zero-order valence-electron chi connectivity index (χ0n) is 14.4. The third kappa shape index (κ3) is 4.35. The van der Waals surface area contributed by atoms with Crippen LogP contribution in [0.1, 0.15) is 11.1 Å². The van der Waals surface area contributed by atoms with E-state index in [1.807, 2.05) is 6.92 Å². The van der Waals surface area contributed by atoms with Crippen LogP contribution < -0.4 is 5.43 Å². The molecular weight excluding hydrogens is 424 g/mol. The summed E-state index contributed by atoms with van der Waals surface area (Å²) in [6.45, 7) is 1.85. The van der Waals surface area contributed by atoms with Crippen LogP contribution in [0.2, 0.25) is 4.34 Å². The monoisotopic (exact) mass is 436 g/mol. The zero-order chi connectivity index (χ0) is 20.3. The maximum Gasteiger partial charge on any atom is 0.270 e. The smallest absolute Gasteiger partial charge is 0.258 e. The van der Waals surface area contributed by atoms with Crippen molar-refractivity contribution in [3.8, 4) is 0 Å². The van der Waals surface area contributed by atoms with Crippen molar-refractivity contribution in [2.75, 3.05) is 5.43 Å². The lowest BCUT2D eigenvalue weighted by Crippen LogP contribution is -2.03. The summed E-state index contributed by atoms with van der Waals surface area (Å²) in [5, 5.41) is 14.6. The second-order valence-corrected chi connectivity index (χ2v) is 9.10. The normalized spacial score (nSPS) is 11.6. The molecule has 3 rings (SSSR count). The van der Waals surface area contributed by atoms with Gasteiger partial charge >= 0.3 is 0 Å². The van der Waals surface area contributed by atoms with Crippen molar-refractivity contribution in [3.63, 3.8) is 0 Å². The molecule has 28 heavy (non-hydrogen) atoms. The SMILES string of the molecule is Cc1ccc(S(=O)(=O)c2nc(N/N=C/c3cccc([N+](=O)[O-])c3)sc2Cl)cc1. The molecule has 0 bridgehead atoms. The van der Waals surface area contributed by atoms with Gasteiger partial charge in [-0.25, -0.2) is 13.4 Å². The molecule has 0 saturated carbocycles. The summed E-state index contributed by atoms with van der Waals surface area (Å²) in [4.78, 5) is 14.4. The maximum absolute atomic E-state index is 12.7. The average Bonchev–Trinajstić information content (AvgIpc) is 3.04. The highest BCUT2D eigenvalue weighted by molar-refractivity contribution is 7.91. The van der Waals surface area contributed by atoms with Gasteiger partial charge in [0.05, 0.1) is 16.0 Å². The molecule has 0 atom stereocenters. The molecule has 144 valence electrons. The van der Waals surface area contributed by atoms with Crippen molar-refractivity contribution in [1.82, 2.24) is 4.98 Å². The summed E-state index contributed by atoms with van der Waals surface area (Å²) in [6.07, 6.45) is 1.36. The van der Waals surface area contributed by atoms with Crippen LogP contribution in [0.3, 0.4) is 0 Å². The second kappa shape index (κ2) is 8.05. The van der Waals surface area contributed by atoms with Gasteiger partial charge in [0.15, 0.2) is 5.03 Å². The Morgan fingerprint density at radius 1 is 1.25 bits per heavy atom. The minimum absolute atomic E-state index is 0.00799. The van der Waals surface area contributed by atoms with Crippen LogP contribution in [0.25, 0.3) is 0 Å². The van der Waals surface area contributed by atoms with Gasteiger partial charge in [-0.15, -0.1) is 0 Å². The fourth-order valence-corrected chi connectivity index (χ4v) is 4.97. The topological polar surface area (TPSA) is 115 Å². The molecule has 0 spiro atoms. The van der Waals surface area contributed by atoms with Crippen molar-refractivity contribution in [2.45, 2.75) is 16.8 Å². The highest BCUT2D eigenvalue weighted by Crippen LogP contribution is 2.34. The van der Waals surface area contributed by atoms with E-state index < -0.39 is 14.8 Å². The number of hydrogen-bond donors (Lipinski definition) is 1. The fourth-order valence-electron chi connectivity index (χ4n) is 2.21. The van der Waals surface area contributed by atoms with E-state index in [1.54, 1.807) is 18.2 Å². The fraction of sp³-hybridized carbons (Fsp3) is 0.0588. The van der Waals surface area contributed by atoms with Crippen molar-refractivity contribution in [2.24, 2.45) is 5.10 Å². The van der Waals surface area contributed by atoms with E-state index in [9.17, 15) is 18.5 Å². The Balaban J connectivity index is 1.80. The van der Waals surface area contributed by atoms with Crippen molar-refractivity contribution >= 4 is 49.8 Å². The number of anilines is 1. The molecular formula is C17H13ClN4O4S2. The van der Waals surface area contributed by atoms with Gasteiger partial charge in [0.2, 0.25) is 15.0 Å². The second-order valence-electron chi connectivity index (χ2n) is 5.64. The lowest BCUT2D eigenvalue weighted by Gasteiger charge is -2.02. The molecule has 0 fully saturated rings. The molecule has 1 aromatic heterocycles. The van der Waals surface area contributed by atoms with Crippen LogP contribution in [-0.2, 0) is 9.84 Å². The Morgan fingerprint density at radius 2 is 1.96 bits per heavy atom. The molecule has 2 aromatic carbocycles.